The molecular weight excluding hydrogens is 1500 g/mol. The molecule has 12 aromatic rings. The number of hydrogen-bond donors (Lipinski definition) is 2. The van der Waals surface area contributed by atoms with E-state index in [1.807, 2.05) is 77.1 Å². The summed E-state index contributed by atoms with van der Waals surface area (Å²) in [6.07, 6.45) is 9.46. The number of furan rings is 3. The van der Waals surface area contributed by atoms with E-state index in [1.165, 1.54) is 59.5 Å². The Kier molecular flexibility index (Phi) is 23.4. The van der Waals surface area contributed by atoms with Crippen LogP contribution in [0.3, 0.4) is 0 Å². The van der Waals surface area contributed by atoms with Crippen LogP contribution in [0.15, 0.2) is 160 Å². The topological polar surface area (TPSA) is 319 Å². The molecule has 25 nitrogen and oxygen atoms in total. The van der Waals surface area contributed by atoms with Crippen molar-refractivity contribution >= 4 is 92.5 Å². The van der Waals surface area contributed by atoms with Gasteiger partial charge in [0.2, 0.25) is 0 Å². The first-order valence-corrected chi connectivity index (χ1v) is 37.0. The Balaban J connectivity index is 0.000000132. The molecule has 4 atom stereocenters. The van der Waals surface area contributed by atoms with E-state index in [2.05, 4.69) is 41.3 Å². The predicted octanol–water partition coefficient (Wildman–Crippen LogP) is 14.4. The van der Waals surface area contributed by atoms with Crippen LogP contribution in [0, 0.1) is 64.9 Å². The van der Waals surface area contributed by atoms with Gasteiger partial charge in [-0.1, -0.05) is 41.4 Å². The third-order valence-electron chi connectivity index (χ3n) is 20.7. The van der Waals surface area contributed by atoms with E-state index in [-0.39, 0.29) is 28.3 Å². The van der Waals surface area contributed by atoms with Crippen LogP contribution < -0.4 is 26.0 Å². The molecule has 3 saturated heterocycles. The summed E-state index contributed by atoms with van der Waals surface area (Å²) < 4.78 is 77.9. The molecule has 30 heteroatoms. The molecule has 2 saturated carbocycles. The minimum absolute atomic E-state index is 0.0567. The van der Waals surface area contributed by atoms with Crippen molar-refractivity contribution in [3.05, 3.63) is 201 Å². The van der Waals surface area contributed by atoms with Crippen LogP contribution in [0.5, 0.6) is 11.5 Å². The van der Waals surface area contributed by atoms with Crippen LogP contribution in [0.25, 0.3) is 89.9 Å². The van der Waals surface area contributed by atoms with Crippen molar-refractivity contribution in [1.82, 2.24) is 44.6 Å². The molecule has 0 radical (unpaired) electrons. The highest BCUT2D eigenvalue weighted by atomic mass is 35.5. The van der Waals surface area contributed by atoms with Gasteiger partial charge in [0, 0.05) is 145 Å². The maximum absolute atomic E-state index is 13.7. The maximum atomic E-state index is 13.7. The SMILES string of the molecule is CC1(C)OB(c2ccc(F)c(Cl)c2)OC1(C)C.COc1cc(C(=O)N(C)C)cnc1-c1cc2nccc(-c3ccc(F)c(C#N)c3)c2o1.COc1cc(C(=O)N(C)C)cnc1-c1cc2nccc(Cl)c2o1.Cc1cc(C(=O)N(C)C)cnc1-c1cc2nccc(-c3ccc(NC4C5COCC54)c(C#N)c3)c2o1.NC1C2COCC12. The molecule has 3 amide bonds. The third kappa shape index (κ3) is 16.7. The lowest BCUT2D eigenvalue weighted by Gasteiger charge is -2.32. The number of nitrogens with zero attached hydrogens (tertiary/aromatic N) is 11. The Morgan fingerprint density at radius 2 is 0.965 bits per heavy atom. The first kappa shape index (κ1) is 80.3. The van der Waals surface area contributed by atoms with Gasteiger partial charge in [-0.3, -0.25) is 34.3 Å². The fourth-order valence-corrected chi connectivity index (χ4v) is 13.8. The maximum Gasteiger partial charge on any atom is 0.494 e. The molecule has 0 bridgehead atoms. The number of carbonyl (C=O) groups excluding carboxylic acids is 3. The number of anilines is 1. The van der Waals surface area contributed by atoms with Gasteiger partial charge in [0.15, 0.2) is 34.0 Å². The largest absolute Gasteiger partial charge is 0.494 e. The lowest BCUT2D eigenvalue weighted by atomic mass is 9.79. The number of carbonyl (C=O) groups is 3. The molecule has 2 aliphatic carbocycles. The molecule has 3 aliphatic heterocycles. The van der Waals surface area contributed by atoms with E-state index >= 15 is 0 Å². The zero-order valence-corrected chi connectivity index (χ0v) is 66.1. The molecule has 5 fully saturated rings. The number of aryl methyl sites for hydroxylation is 1. The average molecular weight is 1580 g/mol. The summed E-state index contributed by atoms with van der Waals surface area (Å²) in [5, 5.41) is 23.1. The van der Waals surface area contributed by atoms with Gasteiger partial charge in [-0.05, 0) is 130 Å². The molecule has 5 aliphatic rings. The molecule has 3 aromatic carbocycles. The van der Waals surface area contributed by atoms with Crippen LogP contribution in [0.4, 0.5) is 14.5 Å². The van der Waals surface area contributed by atoms with Crippen molar-refractivity contribution < 1.29 is 64.7 Å². The number of nitriles is 2. The zero-order valence-electron chi connectivity index (χ0n) is 64.6. The van der Waals surface area contributed by atoms with Crippen LogP contribution in [0.2, 0.25) is 10.0 Å². The molecule has 114 heavy (non-hydrogen) atoms. The third-order valence-corrected chi connectivity index (χ3v) is 21.3. The summed E-state index contributed by atoms with van der Waals surface area (Å²) in [4.78, 5) is 67.2. The quantitative estimate of drug-likeness (QED) is 0.101. The number of halogens is 4. The smallest absolute Gasteiger partial charge is 0.494 e. The number of aromatic nitrogens is 6. The van der Waals surface area contributed by atoms with E-state index in [1.54, 1.807) is 122 Å². The lowest BCUT2D eigenvalue weighted by Crippen LogP contribution is -2.41. The Labute approximate surface area is 666 Å². The highest BCUT2D eigenvalue weighted by Gasteiger charge is 2.55. The molecule has 4 unspecified atom stereocenters. The summed E-state index contributed by atoms with van der Waals surface area (Å²) in [5.41, 5.74) is 17.1. The van der Waals surface area contributed by atoms with Crippen LogP contribution >= 0.6 is 23.2 Å². The average Bonchev–Trinajstić information content (AvgIpc) is 1.60. The second-order valence-corrected chi connectivity index (χ2v) is 30.3. The number of benzene rings is 3. The van der Waals surface area contributed by atoms with Gasteiger partial charge in [-0.25, -0.2) is 18.7 Å². The number of rotatable bonds is 13. The van der Waals surface area contributed by atoms with Gasteiger partial charge in [-0.2, -0.15) is 10.5 Å². The van der Waals surface area contributed by atoms with Crippen molar-refractivity contribution in [2.75, 3.05) is 88.2 Å². The zero-order chi connectivity index (χ0) is 81.4. The van der Waals surface area contributed by atoms with Gasteiger partial charge in [-0.15, -0.1) is 0 Å². The first-order chi connectivity index (χ1) is 54.5. The van der Waals surface area contributed by atoms with Crippen molar-refractivity contribution in [3.8, 4) is 80.3 Å². The fraction of sp³-hybridized carbons (Fsp3) is 0.298. The number of methoxy groups -OCH3 is 2. The minimum atomic E-state index is -0.585. The van der Waals surface area contributed by atoms with E-state index < -0.39 is 30.0 Å². The van der Waals surface area contributed by atoms with Crippen LogP contribution in [0.1, 0.15) is 75.5 Å². The van der Waals surface area contributed by atoms with Crippen molar-refractivity contribution in [1.29, 1.82) is 10.5 Å². The van der Waals surface area contributed by atoms with Gasteiger partial charge >= 0.3 is 7.12 Å². The van der Waals surface area contributed by atoms with Crippen molar-refractivity contribution in [3.63, 3.8) is 0 Å². The molecule has 12 heterocycles. The van der Waals surface area contributed by atoms with Gasteiger partial charge in [0.05, 0.1) is 95.4 Å². The highest BCUT2D eigenvalue weighted by molar-refractivity contribution is 6.62. The van der Waals surface area contributed by atoms with Crippen molar-refractivity contribution in [2.24, 2.45) is 29.4 Å². The summed E-state index contributed by atoms with van der Waals surface area (Å²) in [6, 6.07) is 35.3. The Morgan fingerprint density at radius 1 is 0.535 bits per heavy atom. The Bertz CT molecular complexity index is 5750. The number of nitrogens with two attached hydrogens (primary N) is 1. The summed E-state index contributed by atoms with van der Waals surface area (Å²) in [7, 11) is 12.6. The molecule has 0 spiro atoms. The second kappa shape index (κ2) is 33.1. The Morgan fingerprint density at radius 3 is 1.41 bits per heavy atom. The number of nitrogens with one attached hydrogen (secondary N) is 1. The second-order valence-electron chi connectivity index (χ2n) is 29.4. The standard InChI is InChI=1S/C28H25N5O3.C23H17FN4O3.C16H14ClN3O3.C12H15BClFO2.C5H9NO/c1-15-8-18(28(34)33(2)3)12-31-25(15)24-10-23-27(36-24)19(6-7-30-23)16-4-5-22(17(9-16)11-29)32-26-20-13-35-14-21(20)26;1-28(2)23(29)15-9-19(30-3)21(27-12-15)20-10-18-22(31-20)16(6-7-26-18)13-4-5-17(24)14(8-13)11-25;1-20(2)16(21)9-6-12(22-3)14(19-8-9)13-7-11-15(23-13)10(17)4-5-18-11;1-11(2)12(3,4)17-13(16-11)8-5-6-10(15)9(14)7-8;6-5-3-1-7-2-4(3)5/h4-10,12,20-21,26,32H,13-14H2,1-3H3;4-10,12H,1-3H3;4-8H,1-3H3;5-7H,1-4H3;3-5H,1-2,6H2. The van der Waals surface area contributed by atoms with Gasteiger partial charge in [0.25, 0.3) is 17.7 Å². The number of ether oxygens (including phenoxy) is 4. The number of pyridine rings is 6. The molecule has 17 rings (SSSR count). The fourth-order valence-electron chi connectivity index (χ4n) is 13.4. The predicted molar refractivity (Wildman–Crippen MR) is 427 cm³/mol. The monoisotopic (exact) mass is 1580 g/mol. The number of amides is 3. The summed E-state index contributed by atoms with van der Waals surface area (Å²) >= 11 is 11.8. The lowest BCUT2D eigenvalue weighted by molar-refractivity contribution is 0.00578. The minimum Gasteiger partial charge on any atom is -0.494 e. The van der Waals surface area contributed by atoms with E-state index in [0.717, 1.165) is 66.1 Å². The normalized spacial score (nSPS) is 18.2. The van der Waals surface area contributed by atoms with Crippen LogP contribution in [-0.2, 0) is 18.8 Å². The Hall–Kier alpha value is -11.7. The van der Waals surface area contributed by atoms with E-state index in [0.29, 0.717) is 141 Å². The molecule has 584 valence electrons. The van der Waals surface area contributed by atoms with Gasteiger partial charge < -0.3 is 67.3 Å². The van der Waals surface area contributed by atoms with E-state index in [9.17, 15) is 28.4 Å². The highest BCUT2D eigenvalue weighted by Crippen LogP contribution is 2.48. The molecule has 3 N–H and O–H groups in total. The number of hydrogen-bond acceptors (Lipinski definition) is 22. The van der Waals surface area contributed by atoms with E-state index in [4.69, 9.17) is 75.7 Å². The summed E-state index contributed by atoms with van der Waals surface area (Å²) in [6.45, 7) is 13.2. The molecule has 9 aromatic heterocycles. The molecular formula is C84H80BCl2F2N13O12. The van der Waals surface area contributed by atoms with Crippen molar-refractivity contribution in [2.45, 2.75) is 57.9 Å². The van der Waals surface area contributed by atoms with Crippen LogP contribution in [-0.4, -0.2) is 176 Å². The first-order valence-electron chi connectivity index (χ1n) is 36.2. The van der Waals surface area contributed by atoms with Gasteiger partial charge in [0.1, 0.15) is 68.9 Å². The summed E-state index contributed by atoms with van der Waals surface area (Å²) in [5.74, 6) is 3.35. The number of fused-ring (bicyclic) bond motifs is 5.